The number of hydrogen-bond acceptors (Lipinski definition) is 4. The number of alkyl halides is 3. The summed E-state index contributed by atoms with van der Waals surface area (Å²) in [6.07, 6.45) is -4.47. The first-order valence-electron chi connectivity index (χ1n) is 7.88. The predicted octanol–water partition coefficient (Wildman–Crippen LogP) is 1.91. The molecule has 140 valence electrons. The monoisotopic (exact) mass is 369 g/mol. The van der Waals surface area contributed by atoms with Crippen LogP contribution in [0.2, 0.25) is 0 Å². The number of hydrogen-bond donors (Lipinski definition) is 1. The highest BCUT2D eigenvalue weighted by Gasteiger charge is 2.46. The molecule has 9 heteroatoms. The third-order valence-corrected chi connectivity index (χ3v) is 4.32. The molecule has 26 heavy (non-hydrogen) atoms. The number of benzene rings is 1. The minimum atomic E-state index is -4.76. The number of nitrogens with zero attached hydrogens (tertiary/aromatic N) is 3. The standard InChI is InChI=1S/C17H18F3N3O3/c1-16(2)15(26)22(10-14(25)23(16)6-3-7-24)12-5-4-11(9-21)13(8-12)17(18,19)20/h4-5,8,24H,3,6-7,10H2,1-2H3. The van der Waals surface area contributed by atoms with Crippen molar-refractivity contribution in [2.75, 3.05) is 24.6 Å². The Balaban J connectivity index is 2.43. The van der Waals surface area contributed by atoms with Gasteiger partial charge in [0.25, 0.3) is 5.91 Å². The number of amides is 2. The quantitative estimate of drug-likeness (QED) is 0.879. The second-order valence-corrected chi connectivity index (χ2v) is 6.41. The number of carbonyl (C=O) groups is 2. The minimum Gasteiger partial charge on any atom is -0.396 e. The SMILES string of the molecule is CC1(C)C(=O)N(c2ccc(C#N)c(C(F)(F)F)c2)CC(=O)N1CCCO. The highest BCUT2D eigenvalue weighted by atomic mass is 19.4. The van der Waals surface area contributed by atoms with E-state index in [2.05, 4.69) is 0 Å². The molecular formula is C17H18F3N3O3. The van der Waals surface area contributed by atoms with Crippen LogP contribution in [0.4, 0.5) is 18.9 Å². The Hall–Kier alpha value is -2.60. The molecule has 1 saturated heterocycles. The number of piperazine rings is 1. The van der Waals surface area contributed by atoms with Crippen molar-refractivity contribution < 1.29 is 27.9 Å². The lowest BCUT2D eigenvalue weighted by Gasteiger charge is -2.45. The molecule has 2 amide bonds. The lowest BCUT2D eigenvalue weighted by atomic mass is 9.95. The molecule has 1 fully saturated rings. The highest BCUT2D eigenvalue weighted by Crippen LogP contribution is 2.36. The molecule has 0 atom stereocenters. The maximum atomic E-state index is 13.2. The molecule has 0 radical (unpaired) electrons. The second kappa shape index (κ2) is 6.96. The zero-order chi connectivity index (χ0) is 19.7. The molecule has 2 rings (SSSR count). The molecule has 0 aliphatic carbocycles. The van der Waals surface area contributed by atoms with Crippen molar-refractivity contribution in [2.24, 2.45) is 0 Å². The van der Waals surface area contributed by atoms with Gasteiger partial charge in [0.1, 0.15) is 12.1 Å². The molecule has 0 unspecified atom stereocenters. The molecule has 1 aliphatic heterocycles. The minimum absolute atomic E-state index is 0.0930. The lowest BCUT2D eigenvalue weighted by Crippen LogP contribution is -2.66. The van der Waals surface area contributed by atoms with Crippen LogP contribution in [0.15, 0.2) is 18.2 Å². The van der Waals surface area contributed by atoms with Gasteiger partial charge >= 0.3 is 6.18 Å². The number of rotatable bonds is 4. The number of nitriles is 1. The van der Waals surface area contributed by atoms with E-state index in [0.717, 1.165) is 11.0 Å². The molecule has 6 nitrogen and oxygen atoms in total. The van der Waals surface area contributed by atoms with Gasteiger partial charge in [-0.3, -0.25) is 9.59 Å². The van der Waals surface area contributed by atoms with Crippen LogP contribution in [0.5, 0.6) is 0 Å². The summed E-state index contributed by atoms with van der Waals surface area (Å²) in [5, 5.41) is 17.8. The summed E-state index contributed by atoms with van der Waals surface area (Å²) in [5.74, 6) is -0.964. The van der Waals surface area contributed by atoms with Gasteiger partial charge < -0.3 is 14.9 Å². The molecule has 1 aromatic rings. The Morgan fingerprint density at radius 2 is 1.96 bits per heavy atom. The number of halogens is 3. The van der Waals surface area contributed by atoms with Crippen molar-refractivity contribution in [1.82, 2.24) is 4.90 Å². The predicted molar refractivity (Wildman–Crippen MR) is 86.0 cm³/mol. The molecule has 1 aliphatic rings. The summed E-state index contributed by atoms with van der Waals surface area (Å²) in [5.41, 5.74) is -3.07. The summed E-state index contributed by atoms with van der Waals surface area (Å²) in [6.45, 7) is 2.62. The Kier molecular flexibility index (Phi) is 5.28. The van der Waals surface area contributed by atoms with Crippen molar-refractivity contribution in [3.8, 4) is 6.07 Å². The first-order chi connectivity index (χ1) is 12.0. The number of anilines is 1. The van der Waals surface area contributed by atoms with E-state index in [1.165, 1.54) is 30.9 Å². The van der Waals surface area contributed by atoms with Gasteiger partial charge in [-0.05, 0) is 38.5 Å². The van der Waals surface area contributed by atoms with E-state index < -0.39 is 41.2 Å². The molecule has 1 aromatic carbocycles. The molecule has 0 bridgehead atoms. The van der Waals surface area contributed by atoms with Gasteiger partial charge in [0.05, 0.1) is 17.2 Å². The van der Waals surface area contributed by atoms with E-state index in [4.69, 9.17) is 10.4 Å². The van der Waals surface area contributed by atoms with E-state index in [1.54, 1.807) is 0 Å². The fourth-order valence-electron chi connectivity index (χ4n) is 2.92. The molecule has 0 aromatic heterocycles. The average molecular weight is 369 g/mol. The zero-order valence-electron chi connectivity index (χ0n) is 14.3. The van der Waals surface area contributed by atoms with Gasteiger partial charge in [0.15, 0.2) is 0 Å². The first kappa shape index (κ1) is 19.7. The van der Waals surface area contributed by atoms with E-state index in [1.807, 2.05) is 0 Å². The summed E-state index contributed by atoms with van der Waals surface area (Å²) >= 11 is 0. The zero-order valence-corrected chi connectivity index (χ0v) is 14.3. The maximum absolute atomic E-state index is 13.2. The van der Waals surface area contributed by atoms with Crippen molar-refractivity contribution in [1.29, 1.82) is 5.26 Å². The van der Waals surface area contributed by atoms with Crippen molar-refractivity contribution >= 4 is 17.5 Å². The summed E-state index contributed by atoms with van der Waals surface area (Å²) < 4.78 is 39.5. The van der Waals surface area contributed by atoms with Crippen LogP contribution < -0.4 is 4.90 Å². The molecule has 0 saturated carbocycles. The third kappa shape index (κ3) is 3.51. The Morgan fingerprint density at radius 1 is 1.31 bits per heavy atom. The first-order valence-corrected chi connectivity index (χ1v) is 7.88. The lowest BCUT2D eigenvalue weighted by molar-refractivity contribution is -0.148. The van der Waals surface area contributed by atoms with Gasteiger partial charge in [0.2, 0.25) is 5.91 Å². The van der Waals surface area contributed by atoms with E-state index in [9.17, 15) is 22.8 Å². The van der Waals surface area contributed by atoms with Crippen LogP contribution in [0.3, 0.4) is 0 Å². The van der Waals surface area contributed by atoms with Gasteiger partial charge in [-0.25, -0.2) is 0 Å². The smallest absolute Gasteiger partial charge is 0.396 e. The van der Waals surface area contributed by atoms with Crippen LogP contribution in [0, 0.1) is 11.3 Å². The number of carbonyl (C=O) groups excluding carboxylic acids is 2. The van der Waals surface area contributed by atoms with E-state index in [0.29, 0.717) is 6.07 Å². The van der Waals surface area contributed by atoms with Crippen molar-refractivity contribution in [3.05, 3.63) is 29.3 Å². The Morgan fingerprint density at radius 3 is 2.50 bits per heavy atom. The Labute approximate surface area is 148 Å². The third-order valence-electron chi connectivity index (χ3n) is 4.32. The number of aliphatic hydroxyl groups excluding tert-OH is 1. The molecular weight excluding hydrogens is 351 g/mol. The molecule has 0 spiro atoms. The topological polar surface area (TPSA) is 84.6 Å². The maximum Gasteiger partial charge on any atom is 0.417 e. The van der Waals surface area contributed by atoms with Crippen LogP contribution in [0.1, 0.15) is 31.4 Å². The summed E-state index contributed by atoms with van der Waals surface area (Å²) in [7, 11) is 0. The van der Waals surface area contributed by atoms with E-state index >= 15 is 0 Å². The van der Waals surface area contributed by atoms with Crippen LogP contribution >= 0.6 is 0 Å². The number of aliphatic hydroxyl groups is 1. The van der Waals surface area contributed by atoms with Crippen molar-refractivity contribution in [3.63, 3.8) is 0 Å². The molecule has 1 heterocycles. The van der Waals surface area contributed by atoms with Crippen LogP contribution in [0.25, 0.3) is 0 Å². The van der Waals surface area contributed by atoms with Gasteiger partial charge in [-0.15, -0.1) is 0 Å². The summed E-state index contributed by atoms with van der Waals surface area (Å²) in [6, 6.07) is 4.40. The van der Waals surface area contributed by atoms with E-state index in [-0.39, 0.29) is 25.3 Å². The fraction of sp³-hybridized carbons (Fsp3) is 0.471. The largest absolute Gasteiger partial charge is 0.417 e. The van der Waals surface area contributed by atoms with Crippen LogP contribution in [-0.4, -0.2) is 47.1 Å². The van der Waals surface area contributed by atoms with Crippen molar-refractivity contribution in [2.45, 2.75) is 32.0 Å². The summed E-state index contributed by atoms with van der Waals surface area (Å²) in [4.78, 5) is 27.5. The molecule has 1 N–H and O–H groups in total. The Bertz CT molecular complexity index is 769. The van der Waals surface area contributed by atoms with Gasteiger partial charge in [-0.2, -0.15) is 18.4 Å². The normalized spacial score (nSPS) is 17.4. The van der Waals surface area contributed by atoms with Gasteiger partial charge in [-0.1, -0.05) is 0 Å². The average Bonchev–Trinajstić information content (AvgIpc) is 2.56. The fourth-order valence-corrected chi connectivity index (χ4v) is 2.92. The van der Waals surface area contributed by atoms with Gasteiger partial charge in [0, 0.05) is 18.8 Å². The van der Waals surface area contributed by atoms with Crippen LogP contribution in [-0.2, 0) is 15.8 Å². The highest BCUT2D eigenvalue weighted by molar-refractivity contribution is 6.08. The second-order valence-electron chi connectivity index (χ2n) is 6.41.